The van der Waals surface area contributed by atoms with E-state index in [1.54, 1.807) is 13.8 Å². The molecule has 1 aliphatic carbocycles. The van der Waals surface area contributed by atoms with Crippen LogP contribution in [0.4, 0.5) is 0 Å². The molecule has 1 aromatic carbocycles. The summed E-state index contributed by atoms with van der Waals surface area (Å²) < 4.78 is 45.5. The molecule has 1 saturated heterocycles. The Bertz CT molecular complexity index is 759. The highest BCUT2D eigenvalue weighted by molar-refractivity contribution is 7.85. The zero-order valence-corrected chi connectivity index (χ0v) is 16.0. The number of hydrogen-bond acceptors (Lipinski definition) is 7. The first-order valence-electron chi connectivity index (χ1n) is 8.45. The van der Waals surface area contributed by atoms with E-state index in [0.29, 0.717) is 6.61 Å². The van der Waals surface area contributed by atoms with Crippen molar-refractivity contribution in [2.24, 2.45) is 5.41 Å². The minimum Gasteiger partial charge on any atom is -0.376 e. The number of carbonyl (C=O) groups is 1. The van der Waals surface area contributed by atoms with Gasteiger partial charge in [0.15, 0.2) is 11.6 Å². The van der Waals surface area contributed by atoms with Gasteiger partial charge in [-0.1, -0.05) is 30.3 Å². The standard InChI is InChI=1S/C18H24O7S/c1-17(2)24-15-14(19)9-18(16(15)25-17,12-23-26(3,20)21)11-22-10-13-7-5-4-6-8-13/h4-8,15-16H,9-12H2,1-3H3/t15-,16-,18+/m0/s1. The summed E-state index contributed by atoms with van der Waals surface area (Å²) in [6.45, 7) is 3.74. The smallest absolute Gasteiger partial charge is 0.264 e. The van der Waals surface area contributed by atoms with Gasteiger partial charge in [-0.3, -0.25) is 8.98 Å². The molecule has 0 radical (unpaired) electrons. The first kappa shape index (κ1) is 19.4. The second-order valence-corrected chi connectivity index (χ2v) is 9.07. The summed E-state index contributed by atoms with van der Waals surface area (Å²) in [6, 6.07) is 9.59. The van der Waals surface area contributed by atoms with Crippen molar-refractivity contribution >= 4 is 15.9 Å². The van der Waals surface area contributed by atoms with Gasteiger partial charge in [-0.25, -0.2) is 0 Å². The van der Waals surface area contributed by atoms with Crippen LogP contribution in [0.5, 0.6) is 0 Å². The van der Waals surface area contributed by atoms with E-state index in [4.69, 9.17) is 18.4 Å². The Morgan fingerprint density at radius 2 is 1.85 bits per heavy atom. The van der Waals surface area contributed by atoms with Crippen LogP contribution in [0.2, 0.25) is 0 Å². The van der Waals surface area contributed by atoms with Gasteiger partial charge >= 0.3 is 0 Å². The third-order valence-corrected chi connectivity index (χ3v) is 5.15. The maximum atomic E-state index is 12.5. The van der Waals surface area contributed by atoms with E-state index >= 15 is 0 Å². The summed E-state index contributed by atoms with van der Waals surface area (Å²) in [5, 5.41) is 0. The minimum absolute atomic E-state index is 0.0860. The zero-order valence-electron chi connectivity index (χ0n) is 15.1. The highest BCUT2D eigenvalue weighted by Gasteiger charge is 2.62. The summed E-state index contributed by atoms with van der Waals surface area (Å²) >= 11 is 0. The van der Waals surface area contributed by atoms with Crippen molar-refractivity contribution in [2.45, 2.75) is 44.9 Å². The molecule has 0 aromatic heterocycles. The highest BCUT2D eigenvalue weighted by Crippen LogP contribution is 2.47. The number of Topliss-reactive ketones (excluding diaryl/α,β-unsaturated/α-hetero) is 1. The second-order valence-electron chi connectivity index (χ2n) is 7.43. The fourth-order valence-corrected chi connectivity index (χ4v) is 3.92. The number of ketones is 1. The summed E-state index contributed by atoms with van der Waals surface area (Å²) in [7, 11) is -3.67. The summed E-state index contributed by atoms with van der Waals surface area (Å²) in [4.78, 5) is 12.5. The largest absolute Gasteiger partial charge is 0.376 e. The SMILES string of the molecule is CC1(C)O[C@H]2C(=O)C[C@@](COCc3ccccc3)(COS(C)(=O)=O)[C@H]2O1. The third-order valence-electron chi connectivity index (χ3n) is 4.61. The predicted molar refractivity (Wildman–Crippen MR) is 92.8 cm³/mol. The third kappa shape index (κ3) is 4.32. The van der Waals surface area contributed by atoms with Crippen molar-refractivity contribution in [1.29, 1.82) is 0 Å². The second kappa shape index (κ2) is 7.01. The van der Waals surface area contributed by atoms with Gasteiger partial charge in [0.25, 0.3) is 10.1 Å². The maximum Gasteiger partial charge on any atom is 0.264 e. The molecule has 0 bridgehead atoms. The summed E-state index contributed by atoms with van der Waals surface area (Å²) in [6.07, 6.45) is -0.269. The lowest BCUT2D eigenvalue weighted by atomic mass is 9.85. The van der Waals surface area contributed by atoms with Crippen LogP contribution >= 0.6 is 0 Å². The molecule has 1 aliphatic heterocycles. The average Bonchev–Trinajstić information content (AvgIpc) is 3.00. The fourth-order valence-electron chi connectivity index (χ4n) is 3.47. The number of rotatable bonds is 7. The van der Waals surface area contributed by atoms with E-state index in [9.17, 15) is 13.2 Å². The Morgan fingerprint density at radius 3 is 2.50 bits per heavy atom. The molecular weight excluding hydrogens is 360 g/mol. The van der Waals surface area contributed by atoms with Crippen molar-refractivity contribution in [3.63, 3.8) is 0 Å². The van der Waals surface area contributed by atoms with Crippen molar-refractivity contribution in [1.82, 2.24) is 0 Å². The number of fused-ring (bicyclic) bond motifs is 1. The number of ether oxygens (including phenoxy) is 3. The number of carbonyl (C=O) groups excluding carboxylic acids is 1. The number of hydrogen-bond donors (Lipinski definition) is 0. The van der Waals surface area contributed by atoms with Gasteiger partial charge in [0, 0.05) is 6.42 Å². The summed E-state index contributed by atoms with van der Waals surface area (Å²) in [5.41, 5.74) is 0.0735. The van der Waals surface area contributed by atoms with Gasteiger partial charge in [-0.05, 0) is 19.4 Å². The highest BCUT2D eigenvalue weighted by atomic mass is 32.2. The Labute approximate surface area is 153 Å². The van der Waals surface area contributed by atoms with Crippen LogP contribution in [-0.4, -0.2) is 51.7 Å². The molecule has 2 aliphatic rings. The average molecular weight is 384 g/mol. The van der Waals surface area contributed by atoms with Crippen molar-refractivity contribution in [2.75, 3.05) is 19.5 Å². The van der Waals surface area contributed by atoms with E-state index < -0.39 is 33.5 Å². The molecule has 3 rings (SSSR count). The van der Waals surface area contributed by atoms with Gasteiger partial charge in [-0.2, -0.15) is 8.42 Å². The molecule has 7 nitrogen and oxygen atoms in total. The van der Waals surface area contributed by atoms with Crippen LogP contribution < -0.4 is 0 Å². The maximum absolute atomic E-state index is 12.5. The quantitative estimate of drug-likeness (QED) is 0.661. The number of benzene rings is 1. The molecule has 144 valence electrons. The van der Waals surface area contributed by atoms with E-state index in [-0.39, 0.29) is 25.4 Å². The molecule has 3 atom stereocenters. The monoisotopic (exact) mass is 384 g/mol. The van der Waals surface area contributed by atoms with E-state index in [1.807, 2.05) is 30.3 Å². The molecular formula is C18H24O7S. The normalized spacial score (nSPS) is 30.5. The van der Waals surface area contributed by atoms with Gasteiger partial charge in [0.05, 0.1) is 31.5 Å². The summed E-state index contributed by atoms with van der Waals surface area (Å²) in [5.74, 6) is -1.04. The van der Waals surface area contributed by atoms with Crippen molar-refractivity contribution in [3.8, 4) is 0 Å². The van der Waals surface area contributed by atoms with Crippen LogP contribution in [0, 0.1) is 5.41 Å². The fraction of sp³-hybridized carbons (Fsp3) is 0.611. The molecule has 1 aromatic rings. The van der Waals surface area contributed by atoms with Crippen LogP contribution in [0.3, 0.4) is 0 Å². The van der Waals surface area contributed by atoms with Crippen molar-refractivity contribution < 1.29 is 31.6 Å². The van der Waals surface area contributed by atoms with Crippen LogP contribution in [0.15, 0.2) is 30.3 Å². The van der Waals surface area contributed by atoms with E-state index in [1.165, 1.54) is 0 Å². The Hall–Kier alpha value is -1.32. The molecule has 26 heavy (non-hydrogen) atoms. The molecule has 0 unspecified atom stereocenters. The van der Waals surface area contributed by atoms with E-state index in [0.717, 1.165) is 11.8 Å². The zero-order chi connectivity index (χ0) is 19.0. The Balaban J connectivity index is 1.77. The van der Waals surface area contributed by atoms with Crippen LogP contribution in [0.25, 0.3) is 0 Å². The Kier molecular flexibility index (Phi) is 5.24. The minimum atomic E-state index is -3.67. The predicted octanol–water partition coefficient (Wildman–Crippen LogP) is 1.66. The van der Waals surface area contributed by atoms with Gasteiger partial charge in [0.1, 0.15) is 12.2 Å². The van der Waals surface area contributed by atoms with Crippen molar-refractivity contribution in [3.05, 3.63) is 35.9 Å². The lowest BCUT2D eigenvalue weighted by Crippen LogP contribution is -2.43. The van der Waals surface area contributed by atoms with Gasteiger partial charge in [-0.15, -0.1) is 0 Å². The van der Waals surface area contributed by atoms with Crippen LogP contribution in [0.1, 0.15) is 25.8 Å². The van der Waals surface area contributed by atoms with Gasteiger partial charge < -0.3 is 14.2 Å². The molecule has 0 amide bonds. The molecule has 8 heteroatoms. The lowest BCUT2D eigenvalue weighted by molar-refractivity contribution is -0.177. The molecule has 1 heterocycles. The molecule has 1 saturated carbocycles. The first-order chi connectivity index (χ1) is 12.1. The molecule has 0 spiro atoms. The first-order valence-corrected chi connectivity index (χ1v) is 10.3. The lowest BCUT2D eigenvalue weighted by Gasteiger charge is -2.33. The molecule has 2 fully saturated rings. The van der Waals surface area contributed by atoms with Crippen LogP contribution in [-0.2, 0) is 39.9 Å². The topological polar surface area (TPSA) is 88.1 Å². The van der Waals surface area contributed by atoms with E-state index in [2.05, 4.69) is 0 Å². The Morgan fingerprint density at radius 1 is 1.15 bits per heavy atom. The van der Waals surface area contributed by atoms with Gasteiger partial charge in [0.2, 0.25) is 0 Å². The molecule has 0 N–H and O–H groups in total.